The Morgan fingerprint density at radius 2 is 0.603 bits per heavy atom. The third-order valence-electron chi connectivity index (χ3n) is 13.2. The van der Waals surface area contributed by atoms with E-state index in [4.69, 9.17) is 4.42 Å². The summed E-state index contributed by atoms with van der Waals surface area (Å²) in [7, 11) is 0. The predicted molar refractivity (Wildman–Crippen MR) is 268 cm³/mol. The molecular weight excluding hydrogens is 761 g/mol. The second-order valence-electron chi connectivity index (χ2n) is 16.7. The molecule has 0 bridgehead atoms. The Hall–Kier alpha value is -8.26. The summed E-state index contributed by atoms with van der Waals surface area (Å²) in [4.78, 5) is 0. The number of fused-ring (bicyclic) bond motifs is 8. The maximum Gasteiger partial charge on any atom is 0.136 e. The summed E-state index contributed by atoms with van der Waals surface area (Å²) in [6.45, 7) is 0. The van der Waals surface area contributed by atoms with Crippen molar-refractivity contribution >= 4 is 75.8 Å². The van der Waals surface area contributed by atoms with Crippen LogP contribution in [0.4, 0.5) is 0 Å². The second kappa shape index (κ2) is 14.2. The molecule has 1 nitrogen and oxygen atoms in total. The second-order valence-corrected chi connectivity index (χ2v) is 16.7. The largest absolute Gasteiger partial charge is 0.456 e. The standard InChI is InChI=1S/C62H38O/c1-2-16-41(17-3-1)59-48-20-6-12-26-54(48)62(55-27-13-7-21-49(55)59)44-33-35-47-56-37-43(34-36-57(56)63-58(47)38-44)61-52-24-10-8-22-50(52)60(51-23-9-11-25-53(51)61)42-31-29-40(30-32-42)46-28-14-18-39-15-4-5-19-45(39)46/h1-38H. The minimum absolute atomic E-state index is 0.886. The summed E-state index contributed by atoms with van der Waals surface area (Å²) in [5.41, 5.74) is 14.0. The summed E-state index contributed by atoms with van der Waals surface area (Å²) >= 11 is 0. The van der Waals surface area contributed by atoms with Gasteiger partial charge in [-0.05, 0) is 134 Å². The lowest BCUT2D eigenvalue weighted by Gasteiger charge is -2.18. The van der Waals surface area contributed by atoms with Crippen molar-refractivity contribution in [1.82, 2.24) is 0 Å². The first-order valence-corrected chi connectivity index (χ1v) is 21.7. The number of hydrogen-bond donors (Lipinski definition) is 0. The van der Waals surface area contributed by atoms with Gasteiger partial charge in [-0.1, -0.05) is 206 Å². The average Bonchev–Trinajstić information content (AvgIpc) is 3.72. The van der Waals surface area contributed by atoms with E-state index >= 15 is 0 Å². The topological polar surface area (TPSA) is 13.1 Å². The van der Waals surface area contributed by atoms with Crippen molar-refractivity contribution in [3.05, 3.63) is 231 Å². The van der Waals surface area contributed by atoms with Gasteiger partial charge in [-0.15, -0.1) is 0 Å². The van der Waals surface area contributed by atoms with E-state index in [-0.39, 0.29) is 0 Å². The van der Waals surface area contributed by atoms with Gasteiger partial charge in [0.15, 0.2) is 0 Å². The third kappa shape index (κ3) is 5.57. The molecule has 0 atom stereocenters. The fourth-order valence-electron chi connectivity index (χ4n) is 10.5. The van der Waals surface area contributed by atoms with Crippen LogP contribution in [0.25, 0.3) is 131 Å². The van der Waals surface area contributed by atoms with E-state index in [1.54, 1.807) is 0 Å². The average molecular weight is 799 g/mol. The molecule has 0 spiro atoms. The van der Waals surface area contributed by atoms with Gasteiger partial charge in [-0.25, -0.2) is 0 Å². The monoisotopic (exact) mass is 798 g/mol. The zero-order chi connectivity index (χ0) is 41.4. The van der Waals surface area contributed by atoms with Crippen LogP contribution < -0.4 is 0 Å². The normalized spacial score (nSPS) is 11.8. The summed E-state index contributed by atoms with van der Waals surface area (Å²) in [5.74, 6) is 0. The quantitative estimate of drug-likeness (QED) is 0.158. The first-order valence-electron chi connectivity index (χ1n) is 21.7. The molecule has 0 aliphatic heterocycles. The van der Waals surface area contributed by atoms with Crippen LogP contribution in [-0.4, -0.2) is 0 Å². The summed E-state index contributed by atoms with van der Waals surface area (Å²) < 4.78 is 6.74. The fraction of sp³-hybridized carbons (Fsp3) is 0. The molecule has 1 heteroatoms. The Labute approximate surface area is 364 Å². The molecule has 0 fully saturated rings. The van der Waals surface area contributed by atoms with Crippen LogP contribution in [0, 0.1) is 0 Å². The van der Waals surface area contributed by atoms with E-state index in [1.807, 2.05) is 0 Å². The molecule has 1 aromatic heterocycles. The molecule has 1 heterocycles. The molecule has 0 radical (unpaired) electrons. The summed E-state index contributed by atoms with van der Waals surface area (Å²) in [6, 6.07) is 84.1. The Morgan fingerprint density at radius 3 is 1.16 bits per heavy atom. The molecule has 0 unspecified atom stereocenters. The highest BCUT2D eigenvalue weighted by molar-refractivity contribution is 6.24. The van der Waals surface area contributed by atoms with Crippen LogP contribution in [-0.2, 0) is 0 Å². The van der Waals surface area contributed by atoms with Gasteiger partial charge in [0, 0.05) is 10.8 Å². The molecule has 13 rings (SSSR count). The first kappa shape index (κ1) is 35.5. The highest BCUT2D eigenvalue weighted by Gasteiger charge is 2.20. The molecule has 63 heavy (non-hydrogen) atoms. The molecule has 292 valence electrons. The molecule has 0 aliphatic rings. The summed E-state index contributed by atoms with van der Waals surface area (Å²) in [6.07, 6.45) is 0. The van der Waals surface area contributed by atoms with Gasteiger partial charge in [0.2, 0.25) is 0 Å². The van der Waals surface area contributed by atoms with E-state index < -0.39 is 0 Å². The van der Waals surface area contributed by atoms with E-state index in [1.165, 1.54) is 104 Å². The van der Waals surface area contributed by atoms with Gasteiger partial charge in [0.25, 0.3) is 0 Å². The van der Waals surface area contributed by atoms with Crippen molar-refractivity contribution in [2.24, 2.45) is 0 Å². The van der Waals surface area contributed by atoms with Crippen molar-refractivity contribution < 1.29 is 4.42 Å². The molecule has 0 saturated carbocycles. The molecule has 12 aromatic carbocycles. The highest BCUT2D eigenvalue weighted by Crippen LogP contribution is 2.47. The van der Waals surface area contributed by atoms with Crippen LogP contribution >= 0.6 is 0 Å². The molecule has 0 aliphatic carbocycles. The number of benzene rings is 12. The van der Waals surface area contributed by atoms with Gasteiger partial charge >= 0.3 is 0 Å². The smallest absolute Gasteiger partial charge is 0.136 e. The van der Waals surface area contributed by atoms with Gasteiger partial charge < -0.3 is 4.42 Å². The SMILES string of the molecule is c1ccc(-c2c3ccccc3c(-c3ccc4c(c3)oc3ccc(-c5c6ccccc6c(-c6ccc(-c7cccc8ccccc78)cc6)c6ccccc56)cc34)c3ccccc23)cc1. The summed E-state index contributed by atoms with van der Waals surface area (Å²) in [5, 5.41) is 14.7. The lowest BCUT2D eigenvalue weighted by Crippen LogP contribution is -1.91. The van der Waals surface area contributed by atoms with Crippen molar-refractivity contribution in [1.29, 1.82) is 0 Å². The molecule has 13 aromatic rings. The molecule has 0 amide bonds. The Kier molecular flexibility index (Phi) is 7.98. The predicted octanol–water partition coefficient (Wildman–Crippen LogP) is 17.7. The highest BCUT2D eigenvalue weighted by atomic mass is 16.3. The van der Waals surface area contributed by atoms with Crippen LogP contribution in [0.2, 0.25) is 0 Å². The van der Waals surface area contributed by atoms with Crippen LogP contribution in [0.3, 0.4) is 0 Å². The fourth-order valence-corrected chi connectivity index (χ4v) is 10.5. The number of hydrogen-bond acceptors (Lipinski definition) is 1. The van der Waals surface area contributed by atoms with Crippen LogP contribution in [0.5, 0.6) is 0 Å². The Balaban J connectivity index is 0.959. The van der Waals surface area contributed by atoms with Crippen molar-refractivity contribution in [2.45, 2.75) is 0 Å². The van der Waals surface area contributed by atoms with E-state index in [0.29, 0.717) is 0 Å². The van der Waals surface area contributed by atoms with Gasteiger partial charge in [0.1, 0.15) is 11.2 Å². The minimum atomic E-state index is 0.886. The van der Waals surface area contributed by atoms with Crippen LogP contribution in [0.1, 0.15) is 0 Å². The molecule has 0 N–H and O–H groups in total. The molecular formula is C62H38O. The number of furan rings is 1. The maximum atomic E-state index is 6.74. The number of rotatable bonds is 5. The van der Waals surface area contributed by atoms with Crippen molar-refractivity contribution in [3.8, 4) is 55.6 Å². The van der Waals surface area contributed by atoms with Crippen molar-refractivity contribution in [2.75, 3.05) is 0 Å². The zero-order valence-electron chi connectivity index (χ0n) is 34.3. The van der Waals surface area contributed by atoms with Crippen LogP contribution in [0.15, 0.2) is 235 Å². The van der Waals surface area contributed by atoms with E-state index in [2.05, 4.69) is 231 Å². The van der Waals surface area contributed by atoms with Gasteiger partial charge in [-0.3, -0.25) is 0 Å². The third-order valence-corrected chi connectivity index (χ3v) is 13.2. The molecule has 0 saturated heterocycles. The first-order chi connectivity index (χ1) is 31.3. The van der Waals surface area contributed by atoms with E-state index in [9.17, 15) is 0 Å². The van der Waals surface area contributed by atoms with E-state index in [0.717, 1.165) is 27.5 Å². The van der Waals surface area contributed by atoms with Gasteiger partial charge in [0.05, 0.1) is 0 Å². The maximum absolute atomic E-state index is 6.74. The Bertz CT molecular complexity index is 3830. The lowest BCUT2D eigenvalue weighted by atomic mass is 9.85. The lowest BCUT2D eigenvalue weighted by molar-refractivity contribution is 0.669. The minimum Gasteiger partial charge on any atom is -0.456 e. The zero-order valence-corrected chi connectivity index (χ0v) is 34.3. The Morgan fingerprint density at radius 1 is 0.206 bits per heavy atom. The van der Waals surface area contributed by atoms with Crippen molar-refractivity contribution in [3.63, 3.8) is 0 Å². The van der Waals surface area contributed by atoms with Gasteiger partial charge in [-0.2, -0.15) is 0 Å².